The highest BCUT2D eigenvalue weighted by Gasteiger charge is 2.16. The smallest absolute Gasteiger partial charge is 0.325 e. The number of methoxy groups -OCH3 is 1. The maximum atomic E-state index is 12.5. The Labute approximate surface area is 156 Å². The second kappa shape index (κ2) is 9.25. The molecule has 2 rings (SSSR count). The van der Waals surface area contributed by atoms with Crippen molar-refractivity contribution in [2.75, 3.05) is 13.7 Å². The van der Waals surface area contributed by atoms with E-state index in [0.29, 0.717) is 16.6 Å². The minimum absolute atomic E-state index is 0.129. The normalized spacial score (nSPS) is 10.7. The predicted octanol–water partition coefficient (Wildman–Crippen LogP) is 4.21. The number of amides is 1. The Balaban J connectivity index is 2.14. The van der Waals surface area contributed by atoms with Gasteiger partial charge in [0.2, 0.25) is 5.91 Å². The van der Waals surface area contributed by atoms with Gasteiger partial charge in [0, 0.05) is 12.6 Å². The molecule has 0 aliphatic rings. The Morgan fingerprint density at radius 2 is 1.80 bits per heavy atom. The highest BCUT2D eigenvalue weighted by molar-refractivity contribution is 6.42. The summed E-state index contributed by atoms with van der Waals surface area (Å²) < 4.78 is 4.67. The van der Waals surface area contributed by atoms with Crippen LogP contribution in [0.15, 0.2) is 54.6 Å². The number of esters is 1. The van der Waals surface area contributed by atoms with Crippen LogP contribution in [0.25, 0.3) is 6.08 Å². The first-order valence-corrected chi connectivity index (χ1v) is 8.28. The van der Waals surface area contributed by atoms with Gasteiger partial charge in [0.25, 0.3) is 0 Å². The maximum Gasteiger partial charge on any atom is 0.325 e. The van der Waals surface area contributed by atoms with Crippen LogP contribution in [0.3, 0.4) is 0 Å². The quantitative estimate of drug-likeness (QED) is 0.559. The minimum Gasteiger partial charge on any atom is -0.468 e. The van der Waals surface area contributed by atoms with Crippen molar-refractivity contribution in [3.63, 3.8) is 0 Å². The van der Waals surface area contributed by atoms with E-state index in [1.54, 1.807) is 24.3 Å². The fourth-order valence-corrected chi connectivity index (χ4v) is 2.43. The van der Waals surface area contributed by atoms with E-state index in [4.69, 9.17) is 23.2 Å². The molecule has 0 heterocycles. The van der Waals surface area contributed by atoms with Crippen LogP contribution in [0.1, 0.15) is 11.1 Å². The monoisotopic (exact) mass is 377 g/mol. The van der Waals surface area contributed by atoms with Crippen LogP contribution in [0, 0.1) is 0 Å². The third-order valence-electron chi connectivity index (χ3n) is 3.44. The van der Waals surface area contributed by atoms with E-state index in [2.05, 4.69) is 4.74 Å². The molecule has 2 aromatic carbocycles. The van der Waals surface area contributed by atoms with Crippen molar-refractivity contribution in [2.45, 2.75) is 6.54 Å². The summed E-state index contributed by atoms with van der Waals surface area (Å²) >= 11 is 11.8. The maximum absolute atomic E-state index is 12.5. The van der Waals surface area contributed by atoms with Crippen molar-refractivity contribution in [1.82, 2.24) is 4.90 Å². The van der Waals surface area contributed by atoms with Gasteiger partial charge in [-0.1, -0.05) is 59.6 Å². The van der Waals surface area contributed by atoms with Crippen molar-refractivity contribution in [2.24, 2.45) is 0 Å². The van der Waals surface area contributed by atoms with E-state index < -0.39 is 5.97 Å². The molecule has 0 aliphatic carbocycles. The first-order chi connectivity index (χ1) is 12.0. The molecule has 0 fully saturated rings. The van der Waals surface area contributed by atoms with Crippen LogP contribution < -0.4 is 0 Å². The molecular formula is C19H17Cl2NO3. The summed E-state index contributed by atoms with van der Waals surface area (Å²) in [5.74, 6) is -0.785. The van der Waals surface area contributed by atoms with Gasteiger partial charge in [-0.05, 0) is 29.3 Å². The topological polar surface area (TPSA) is 46.6 Å². The molecule has 0 saturated heterocycles. The van der Waals surface area contributed by atoms with E-state index in [-0.39, 0.29) is 12.5 Å². The van der Waals surface area contributed by atoms with Gasteiger partial charge >= 0.3 is 5.97 Å². The highest BCUT2D eigenvalue weighted by atomic mass is 35.5. The lowest BCUT2D eigenvalue weighted by Gasteiger charge is -2.20. The molecule has 0 unspecified atom stereocenters. The molecule has 0 spiro atoms. The van der Waals surface area contributed by atoms with Crippen molar-refractivity contribution >= 4 is 41.2 Å². The third kappa shape index (κ3) is 5.93. The standard InChI is InChI=1S/C19H17Cl2NO3/c1-25-19(24)13-22(12-15-5-3-2-4-6-15)18(23)10-8-14-7-9-16(20)17(21)11-14/h2-11H,12-13H2,1H3/b10-8+. The van der Waals surface area contributed by atoms with Crippen LogP contribution >= 0.6 is 23.2 Å². The summed E-state index contributed by atoms with van der Waals surface area (Å²) in [4.78, 5) is 25.5. The van der Waals surface area contributed by atoms with Crippen LogP contribution in [0.5, 0.6) is 0 Å². The molecule has 4 nitrogen and oxygen atoms in total. The Bertz CT molecular complexity index is 775. The molecule has 0 aromatic heterocycles. The highest BCUT2D eigenvalue weighted by Crippen LogP contribution is 2.23. The summed E-state index contributed by atoms with van der Waals surface area (Å²) in [6.07, 6.45) is 3.02. The Morgan fingerprint density at radius 3 is 2.44 bits per heavy atom. The largest absolute Gasteiger partial charge is 0.468 e. The molecule has 0 radical (unpaired) electrons. The van der Waals surface area contributed by atoms with E-state index >= 15 is 0 Å². The van der Waals surface area contributed by atoms with Crippen LogP contribution in [-0.2, 0) is 20.9 Å². The van der Waals surface area contributed by atoms with Gasteiger partial charge in [0.1, 0.15) is 6.54 Å². The summed E-state index contributed by atoms with van der Waals surface area (Å²) in [5, 5.41) is 0.855. The van der Waals surface area contributed by atoms with Gasteiger partial charge in [-0.2, -0.15) is 0 Å². The number of ether oxygens (including phenoxy) is 1. The lowest BCUT2D eigenvalue weighted by Crippen LogP contribution is -2.34. The van der Waals surface area contributed by atoms with Gasteiger partial charge in [-0.15, -0.1) is 0 Å². The summed E-state index contributed by atoms with van der Waals surface area (Å²) in [6.45, 7) is 0.177. The molecule has 0 aliphatic heterocycles. The van der Waals surface area contributed by atoms with Gasteiger partial charge < -0.3 is 9.64 Å². The molecule has 6 heteroatoms. The molecular weight excluding hydrogens is 361 g/mol. The number of carbonyl (C=O) groups is 2. The van der Waals surface area contributed by atoms with Crippen molar-refractivity contribution in [3.8, 4) is 0 Å². The summed E-state index contributed by atoms with van der Waals surface area (Å²) in [5.41, 5.74) is 1.66. The molecule has 2 aromatic rings. The fourth-order valence-electron chi connectivity index (χ4n) is 2.12. The Morgan fingerprint density at radius 1 is 1.08 bits per heavy atom. The zero-order chi connectivity index (χ0) is 18.2. The van der Waals surface area contributed by atoms with E-state index in [1.807, 2.05) is 30.3 Å². The number of rotatable bonds is 6. The number of benzene rings is 2. The van der Waals surface area contributed by atoms with Gasteiger partial charge in [-0.25, -0.2) is 0 Å². The molecule has 0 N–H and O–H groups in total. The molecule has 0 saturated carbocycles. The molecule has 130 valence electrons. The zero-order valence-corrected chi connectivity index (χ0v) is 15.1. The van der Waals surface area contributed by atoms with E-state index in [9.17, 15) is 9.59 Å². The first kappa shape index (κ1) is 19.0. The van der Waals surface area contributed by atoms with Crippen molar-refractivity contribution in [1.29, 1.82) is 0 Å². The molecule has 1 amide bonds. The average Bonchev–Trinajstić information content (AvgIpc) is 2.62. The molecule has 25 heavy (non-hydrogen) atoms. The third-order valence-corrected chi connectivity index (χ3v) is 4.18. The van der Waals surface area contributed by atoms with Crippen molar-refractivity contribution in [3.05, 3.63) is 75.8 Å². The van der Waals surface area contributed by atoms with E-state index in [1.165, 1.54) is 18.1 Å². The second-order valence-electron chi connectivity index (χ2n) is 5.26. The lowest BCUT2D eigenvalue weighted by atomic mass is 10.2. The Kier molecular flexibility index (Phi) is 7.04. The second-order valence-corrected chi connectivity index (χ2v) is 6.08. The number of hydrogen-bond donors (Lipinski definition) is 0. The van der Waals surface area contributed by atoms with Gasteiger partial charge in [0.15, 0.2) is 0 Å². The number of nitrogens with zero attached hydrogens (tertiary/aromatic N) is 1. The van der Waals surface area contributed by atoms with Gasteiger partial charge in [0.05, 0.1) is 17.2 Å². The number of carbonyl (C=O) groups excluding carboxylic acids is 2. The van der Waals surface area contributed by atoms with Gasteiger partial charge in [-0.3, -0.25) is 9.59 Å². The lowest BCUT2D eigenvalue weighted by molar-refractivity contribution is -0.145. The molecule has 0 atom stereocenters. The van der Waals surface area contributed by atoms with E-state index in [0.717, 1.165) is 11.1 Å². The minimum atomic E-state index is -0.479. The molecule has 0 bridgehead atoms. The average molecular weight is 378 g/mol. The first-order valence-electron chi connectivity index (χ1n) is 7.52. The number of hydrogen-bond acceptors (Lipinski definition) is 3. The Hall–Kier alpha value is -2.30. The van der Waals surface area contributed by atoms with Crippen LogP contribution in [0.4, 0.5) is 0 Å². The van der Waals surface area contributed by atoms with Crippen LogP contribution in [-0.4, -0.2) is 30.4 Å². The summed E-state index contributed by atoms with van der Waals surface area (Å²) in [7, 11) is 1.29. The number of halogens is 2. The van der Waals surface area contributed by atoms with Crippen molar-refractivity contribution < 1.29 is 14.3 Å². The predicted molar refractivity (Wildman–Crippen MR) is 99.4 cm³/mol. The summed E-state index contributed by atoms with van der Waals surface area (Å²) in [6, 6.07) is 14.5. The SMILES string of the molecule is COC(=O)CN(Cc1ccccc1)C(=O)/C=C/c1ccc(Cl)c(Cl)c1. The van der Waals surface area contributed by atoms with Crippen LogP contribution in [0.2, 0.25) is 10.0 Å². The fraction of sp³-hybridized carbons (Fsp3) is 0.158. The zero-order valence-electron chi connectivity index (χ0n) is 13.6.